The molecule has 0 spiro atoms. The van der Waals surface area contributed by atoms with Crippen LogP contribution in [0.4, 0.5) is 18.9 Å². The Bertz CT molecular complexity index is 464. The van der Waals surface area contributed by atoms with Gasteiger partial charge >= 0.3 is 0 Å². The normalized spacial score (nSPS) is 16.6. The monoisotopic (exact) mass is 263 g/mol. The summed E-state index contributed by atoms with van der Waals surface area (Å²) in [5.41, 5.74) is 0.740. The summed E-state index contributed by atoms with van der Waals surface area (Å²) in [6.45, 7) is 0. The Morgan fingerprint density at radius 2 is 2.00 bits per heavy atom. The molecule has 0 radical (unpaired) electrons. The molecule has 0 saturated heterocycles. The molecule has 1 atom stereocenters. The molecule has 2 rings (SSSR count). The van der Waals surface area contributed by atoms with Crippen LogP contribution in [0.3, 0.4) is 0 Å². The lowest BCUT2D eigenvalue weighted by molar-refractivity contribution is -0.116. The van der Waals surface area contributed by atoms with Gasteiger partial charge in [-0.15, -0.1) is 11.6 Å². The van der Waals surface area contributed by atoms with Gasteiger partial charge in [-0.05, 0) is 24.1 Å². The molecule has 92 valence electrons. The molecule has 1 aliphatic rings. The fourth-order valence-corrected chi connectivity index (χ4v) is 1.94. The van der Waals surface area contributed by atoms with Crippen molar-refractivity contribution in [2.75, 3.05) is 5.32 Å². The zero-order valence-electron chi connectivity index (χ0n) is 8.64. The van der Waals surface area contributed by atoms with E-state index in [4.69, 9.17) is 11.6 Å². The molecule has 1 unspecified atom stereocenters. The highest BCUT2D eigenvalue weighted by atomic mass is 35.5. The van der Waals surface area contributed by atoms with Gasteiger partial charge in [0.25, 0.3) is 6.43 Å². The lowest BCUT2D eigenvalue weighted by Crippen LogP contribution is -2.20. The summed E-state index contributed by atoms with van der Waals surface area (Å²) in [5, 5.41) is 0.818. The van der Waals surface area contributed by atoms with Crippen LogP contribution < -0.4 is 5.32 Å². The lowest BCUT2D eigenvalue weighted by Gasteiger charge is -2.19. The summed E-state index contributed by atoms with van der Waals surface area (Å²) < 4.78 is 38.4. The molecule has 6 heteroatoms. The maximum Gasteiger partial charge on any atom is 0.258 e. The Hall–Kier alpha value is -1.23. The van der Waals surface area contributed by atoms with Gasteiger partial charge in [0, 0.05) is 17.7 Å². The molecule has 1 aromatic rings. The molecule has 0 bridgehead atoms. The molecule has 1 heterocycles. The highest BCUT2D eigenvalue weighted by molar-refractivity contribution is 6.21. The predicted octanol–water partition coefficient (Wildman–Crippen LogP) is 3.26. The van der Waals surface area contributed by atoms with E-state index in [0.717, 1.165) is 6.07 Å². The van der Waals surface area contributed by atoms with Gasteiger partial charge in [0.2, 0.25) is 5.91 Å². The topological polar surface area (TPSA) is 29.1 Å². The molecule has 0 saturated carbocycles. The van der Waals surface area contributed by atoms with Crippen molar-refractivity contribution in [3.8, 4) is 0 Å². The van der Waals surface area contributed by atoms with Crippen LogP contribution in [-0.4, -0.2) is 12.3 Å². The number of nitrogens with one attached hydrogen (secondary N) is 1. The zero-order chi connectivity index (χ0) is 12.6. The number of hydrogen-bond donors (Lipinski definition) is 1. The third-order valence-corrected chi connectivity index (χ3v) is 3.06. The van der Waals surface area contributed by atoms with Crippen molar-refractivity contribution in [1.29, 1.82) is 0 Å². The fraction of sp³-hybridized carbons (Fsp3) is 0.364. The van der Waals surface area contributed by atoms with E-state index in [1.807, 2.05) is 0 Å². The van der Waals surface area contributed by atoms with E-state index in [9.17, 15) is 18.0 Å². The van der Waals surface area contributed by atoms with Gasteiger partial charge in [-0.1, -0.05) is 0 Å². The Balaban J connectivity index is 2.41. The number of carbonyl (C=O) groups excluding carboxylic acids is 1. The number of anilines is 1. The van der Waals surface area contributed by atoms with Gasteiger partial charge in [0.15, 0.2) is 0 Å². The van der Waals surface area contributed by atoms with Crippen molar-refractivity contribution < 1.29 is 18.0 Å². The van der Waals surface area contributed by atoms with Crippen molar-refractivity contribution in [2.24, 2.45) is 0 Å². The molecule has 1 amide bonds. The molecule has 0 aromatic heterocycles. The van der Waals surface area contributed by atoms with Crippen molar-refractivity contribution >= 4 is 23.2 Å². The van der Waals surface area contributed by atoms with Crippen LogP contribution in [-0.2, 0) is 11.2 Å². The maximum absolute atomic E-state index is 13.5. The van der Waals surface area contributed by atoms with Crippen LogP contribution in [0.15, 0.2) is 12.1 Å². The second-order valence-corrected chi connectivity index (χ2v) is 4.29. The minimum atomic E-state index is -2.83. The summed E-state index contributed by atoms with van der Waals surface area (Å²) >= 11 is 5.44. The molecule has 17 heavy (non-hydrogen) atoms. The quantitative estimate of drug-likeness (QED) is 0.816. The largest absolute Gasteiger partial charge is 0.326 e. The Morgan fingerprint density at radius 1 is 1.29 bits per heavy atom. The van der Waals surface area contributed by atoms with Gasteiger partial charge in [0.1, 0.15) is 11.2 Å². The summed E-state index contributed by atoms with van der Waals surface area (Å²) in [4.78, 5) is 11.1. The molecular weight excluding hydrogens is 255 g/mol. The molecule has 1 N–H and O–H groups in total. The molecular formula is C11H9ClF3NO. The minimum Gasteiger partial charge on any atom is -0.326 e. The van der Waals surface area contributed by atoms with Crippen molar-refractivity contribution in [2.45, 2.75) is 24.6 Å². The van der Waals surface area contributed by atoms with E-state index < -0.39 is 17.6 Å². The second kappa shape index (κ2) is 4.56. The summed E-state index contributed by atoms with van der Waals surface area (Å²) in [7, 11) is 0. The first-order chi connectivity index (χ1) is 7.99. The Morgan fingerprint density at radius 3 is 2.65 bits per heavy atom. The highest BCUT2D eigenvalue weighted by Gasteiger charge is 2.25. The van der Waals surface area contributed by atoms with Gasteiger partial charge < -0.3 is 5.32 Å². The van der Waals surface area contributed by atoms with E-state index in [2.05, 4.69) is 5.32 Å². The molecule has 1 aliphatic heterocycles. The number of aryl methyl sites for hydroxylation is 1. The number of alkyl halides is 3. The number of amides is 1. The second-order valence-electron chi connectivity index (χ2n) is 3.82. The number of carbonyl (C=O) groups is 1. The summed E-state index contributed by atoms with van der Waals surface area (Å²) in [5.74, 6) is -1.04. The number of halogens is 4. The minimum absolute atomic E-state index is 0.207. The van der Waals surface area contributed by atoms with Crippen molar-refractivity contribution in [1.82, 2.24) is 0 Å². The summed E-state index contributed by atoms with van der Waals surface area (Å²) in [6.07, 6.45) is -2.16. The first-order valence-electron chi connectivity index (χ1n) is 5.03. The maximum atomic E-state index is 13.5. The van der Waals surface area contributed by atoms with E-state index >= 15 is 0 Å². The van der Waals surface area contributed by atoms with E-state index in [0.29, 0.717) is 17.7 Å². The van der Waals surface area contributed by atoms with Crippen LogP contribution >= 0.6 is 11.6 Å². The van der Waals surface area contributed by atoms with E-state index in [-0.39, 0.29) is 17.9 Å². The van der Waals surface area contributed by atoms with E-state index in [1.165, 1.54) is 6.07 Å². The van der Waals surface area contributed by atoms with Gasteiger partial charge in [-0.25, -0.2) is 13.2 Å². The fourth-order valence-electron chi connectivity index (χ4n) is 1.77. The first-order valence-corrected chi connectivity index (χ1v) is 5.47. The van der Waals surface area contributed by atoms with Gasteiger partial charge in [-0.3, -0.25) is 4.79 Å². The van der Waals surface area contributed by atoms with Gasteiger partial charge in [-0.2, -0.15) is 0 Å². The van der Waals surface area contributed by atoms with Crippen LogP contribution in [0, 0.1) is 5.82 Å². The van der Waals surface area contributed by atoms with Crippen LogP contribution in [0.5, 0.6) is 0 Å². The summed E-state index contributed by atoms with van der Waals surface area (Å²) in [6, 6.07) is 2.34. The number of rotatable bonds is 2. The third-order valence-electron chi connectivity index (χ3n) is 2.64. The van der Waals surface area contributed by atoms with Crippen molar-refractivity contribution in [3.63, 3.8) is 0 Å². The Labute approximate surface area is 101 Å². The molecule has 0 aliphatic carbocycles. The standard InChI is InChI=1S/C11H9ClF3NO/c12-10(11(14)15)6-3-5-1-2-9(17)16-8(5)4-7(6)13/h3-4,10-11H,1-2H2,(H,16,17). The van der Waals surface area contributed by atoms with Crippen LogP contribution in [0.25, 0.3) is 0 Å². The Kier molecular flexibility index (Phi) is 3.28. The van der Waals surface area contributed by atoms with E-state index in [1.54, 1.807) is 0 Å². The number of hydrogen-bond acceptors (Lipinski definition) is 1. The molecule has 2 nitrogen and oxygen atoms in total. The highest BCUT2D eigenvalue weighted by Crippen LogP contribution is 2.34. The van der Waals surface area contributed by atoms with Crippen LogP contribution in [0.2, 0.25) is 0 Å². The van der Waals surface area contributed by atoms with Gasteiger partial charge in [0.05, 0.1) is 0 Å². The smallest absolute Gasteiger partial charge is 0.258 e. The average molecular weight is 264 g/mol. The average Bonchev–Trinajstić information content (AvgIpc) is 2.27. The predicted molar refractivity (Wildman–Crippen MR) is 57.9 cm³/mol. The molecule has 1 aromatic carbocycles. The van der Waals surface area contributed by atoms with Crippen molar-refractivity contribution in [3.05, 3.63) is 29.1 Å². The lowest BCUT2D eigenvalue weighted by atomic mass is 9.98. The first kappa shape index (κ1) is 12.2. The number of fused-ring (bicyclic) bond motifs is 1. The molecule has 0 fully saturated rings. The zero-order valence-corrected chi connectivity index (χ0v) is 9.40. The van der Waals surface area contributed by atoms with Crippen LogP contribution in [0.1, 0.15) is 22.9 Å². The SMILES string of the molecule is O=C1CCc2cc(C(Cl)C(F)F)c(F)cc2N1. The third kappa shape index (κ3) is 2.39. The number of benzene rings is 1.